The zero-order chi connectivity index (χ0) is 16.8. The number of amides is 1. The van der Waals surface area contributed by atoms with Crippen LogP contribution in [-0.4, -0.2) is 39.5 Å². The Bertz CT molecular complexity index is 619. The molecular formula is C14H21ClN2O4S. The van der Waals surface area contributed by atoms with Crippen molar-refractivity contribution in [1.29, 1.82) is 0 Å². The number of nitrogens with zero attached hydrogens (tertiary/aromatic N) is 1. The number of carbonyl (C=O) groups is 1. The van der Waals surface area contributed by atoms with Crippen molar-refractivity contribution in [3.05, 3.63) is 28.8 Å². The first-order valence-corrected chi connectivity index (χ1v) is 8.77. The van der Waals surface area contributed by atoms with Gasteiger partial charge in [-0.1, -0.05) is 35.8 Å². The van der Waals surface area contributed by atoms with Crippen LogP contribution in [0.1, 0.15) is 36.5 Å². The second kappa shape index (κ2) is 8.47. The van der Waals surface area contributed by atoms with Crippen molar-refractivity contribution in [2.24, 2.45) is 0 Å². The number of benzene rings is 1. The lowest BCUT2D eigenvalue weighted by molar-refractivity contribution is -0.0258. The molecule has 0 atom stereocenters. The first kappa shape index (κ1) is 18.9. The summed E-state index contributed by atoms with van der Waals surface area (Å²) in [7, 11) is -1.42. The van der Waals surface area contributed by atoms with Gasteiger partial charge in [0, 0.05) is 19.2 Å². The van der Waals surface area contributed by atoms with Crippen LogP contribution < -0.4 is 5.32 Å². The highest BCUT2D eigenvalue weighted by Crippen LogP contribution is 2.25. The largest absolute Gasteiger partial charge is 0.352 e. The molecule has 0 aliphatic heterocycles. The third-order valence-electron chi connectivity index (χ3n) is 3.13. The quantitative estimate of drug-likeness (QED) is 0.578. The summed E-state index contributed by atoms with van der Waals surface area (Å²) < 4.78 is 25.2. The molecule has 0 unspecified atom stereocenters. The van der Waals surface area contributed by atoms with E-state index in [1.807, 2.05) is 0 Å². The third kappa shape index (κ3) is 4.67. The first-order chi connectivity index (χ1) is 10.3. The van der Waals surface area contributed by atoms with E-state index in [1.54, 1.807) is 0 Å². The number of sulfonamides is 1. The molecule has 0 heterocycles. The minimum Gasteiger partial charge on any atom is -0.352 e. The number of unbranched alkanes of at least 4 members (excludes halogenated alkanes) is 2. The molecule has 0 bridgehead atoms. The van der Waals surface area contributed by atoms with E-state index in [0.717, 1.165) is 19.3 Å². The molecule has 124 valence electrons. The molecule has 22 heavy (non-hydrogen) atoms. The van der Waals surface area contributed by atoms with Gasteiger partial charge in [0.25, 0.3) is 15.9 Å². The monoisotopic (exact) mass is 348 g/mol. The Morgan fingerprint density at radius 3 is 2.64 bits per heavy atom. The molecule has 6 nitrogen and oxygen atoms in total. The van der Waals surface area contributed by atoms with Crippen molar-refractivity contribution in [3.63, 3.8) is 0 Å². The molecule has 1 N–H and O–H groups in total. The van der Waals surface area contributed by atoms with Crippen molar-refractivity contribution in [1.82, 2.24) is 9.79 Å². The van der Waals surface area contributed by atoms with E-state index in [9.17, 15) is 13.2 Å². The second-order valence-corrected chi connectivity index (χ2v) is 7.02. The molecule has 0 aliphatic carbocycles. The predicted octanol–water partition coefficient (Wildman–Crippen LogP) is 2.44. The van der Waals surface area contributed by atoms with Gasteiger partial charge in [-0.15, -0.1) is 0 Å². The topological polar surface area (TPSA) is 75.7 Å². The van der Waals surface area contributed by atoms with Gasteiger partial charge >= 0.3 is 0 Å². The third-order valence-corrected chi connectivity index (χ3v) is 5.29. The molecule has 0 aliphatic rings. The van der Waals surface area contributed by atoms with Crippen molar-refractivity contribution >= 4 is 27.5 Å². The average molecular weight is 349 g/mol. The molecule has 0 radical (unpaired) electrons. The lowest BCUT2D eigenvalue weighted by Crippen LogP contribution is -2.27. The van der Waals surface area contributed by atoms with E-state index in [2.05, 4.69) is 12.2 Å². The van der Waals surface area contributed by atoms with Gasteiger partial charge < -0.3 is 5.32 Å². The van der Waals surface area contributed by atoms with Gasteiger partial charge in [0.05, 0.1) is 12.1 Å². The Balaban J connectivity index is 2.97. The Kier molecular flexibility index (Phi) is 7.28. The van der Waals surface area contributed by atoms with Crippen LogP contribution in [0.2, 0.25) is 5.02 Å². The zero-order valence-corrected chi connectivity index (χ0v) is 14.5. The van der Waals surface area contributed by atoms with Crippen molar-refractivity contribution < 1.29 is 18.0 Å². The van der Waals surface area contributed by atoms with E-state index < -0.39 is 10.0 Å². The standard InChI is InChI=1S/C14H21ClN2O4S/c1-4-5-6-9-16-14(18)11-7-8-12(15)13(10-11)22(19,20)17(2)21-3/h7-8,10H,4-6,9H2,1-3H3,(H,16,18). The fraction of sp³-hybridized carbons (Fsp3) is 0.500. The van der Waals surface area contributed by atoms with Gasteiger partial charge in [0.1, 0.15) is 4.90 Å². The van der Waals surface area contributed by atoms with E-state index in [4.69, 9.17) is 16.4 Å². The smallest absolute Gasteiger partial charge is 0.266 e. The fourth-order valence-electron chi connectivity index (χ4n) is 1.76. The summed E-state index contributed by atoms with van der Waals surface area (Å²) in [5.74, 6) is -0.329. The van der Waals surface area contributed by atoms with Crippen LogP contribution in [0.3, 0.4) is 0 Å². The number of rotatable bonds is 8. The number of hydrogen-bond acceptors (Lipinski definition) is 4. The molecule has 1 aromatic carbocycles. The number of nitrogens with one attached hydrogen (secondary N) is 1. The molecule has 8 heteroatoms. The second-order valence-electron chi connectivity index (χ2n) is 4.71. The Morgan fingerprint density at radius 1 is 1.36 bits per heavy atom. The summed E-state index contributed by atoms with van der Waals surface area (Å²) in [5.41, 5.74) is 0.240. The SMILES string of the molecule is CCCCCNC(=O)c1ccc(Cl)c(S(=O)(=O)N(C)OC)c1. The molecule has 1 amide bonds. The maximum absolute atomic E-state index is 12.2. The Morgan fingerprint density at radius 2 is 2.05 bits per heavy atom. The summed E-state index contributed by atoms with van der Waals surface area (Å²) in [5, 5.41) is 2.79. The maximum atomic E-state index is 12.2. The van der Waals surface area contributed by atoms with Crippen LogP contribution in [0, 0.1) is 0 Å². The van der Waals surface area contributed by atoms with Crippen LogP contribution in [0.5, 0.6) is 0 Å². The van der Waals surface area contributed by atoms with Gasteiger partial charge in [-0.25, -0.2) is 8.42 Å². The van der Waals surface area contributed by atoms with Crippen LogP contribution in [0.4, 0.5) is 0 Å². The summed E-state index contributed by atoms with van der Waals surface area (Å²) >= 11 is 5.94. The number of carbonyl (C=O) groups excluding carboxylic acids is 1. The molecule has 1 rings (SSSR count). The van der Waals surface area contributed by atoms with Gasteiger partial charge in [-0.2, -0.15) is 0 Å². The maximum Gasteiger partial charge on any atom is 0.266 e. The Hall–Kier alpha value is -1.15. The van der Waals surface area contributed by atoms with Crippen LogP contribution in [0.25, 0.3) is 0 Å². The average Bonchev–Trinajstić information content (AvgIpc) is 2.50. The van der Waals surface area contributed by atoms with Crippen LogP contribution in [0.15, 0.2) is 23.1 Å². The van der Waals surface area contributed by atoms with Crippen molar-refractivity contribution in [3.8, 4) is 0 Å². The first-order valence-electron chi connectivity index (χ1n) is 6.95. The Labute approximate surface area is 136 Å². The molecule has 0 saturated carbocycles. The van der Waals surface area contributed by atoms with E-state index >= 15 is 0 Å². The highest BCUT2D eigenvalue weighted by Gasteiger charge is 2.25. The zero-order valence-electron chi connectivity index (χ0n) is 12.9. The van der Waals surface area contributed by atoms with Crippen LogP contribution >= 0.6 is 11.6 Å². The van der Waals surface area contributed by atoms with Gasteiger partial charge in [0.15, 0.2) is 0 Å². The molecule has 0 spiro atoms. The van der Waals surface area contributed by atoms with E-state index in [0.29, 0.717) is 11.0 Å². The van der Waals surface area contributed by atoms with Gasteiger partial charge in [0.2, 0.25) is 0 Å². The minimum absolute atomic E-state index is 0.0337. The van der Waals surface area contributed by atoms with Crippen molar-refractivity contribution in [2.45, 2.75) is 31.1 Å². The summed E-state index contributed by atoms with van der Waals surface area (Å²) in [6.07, 6.45) is 2.97. The number of hydroxylamine groups is 1. The lowest BCUT2D eigenvalue weighted by atomic mass is 10.2. The number of halogens is 1. The highest BCUT2D eigenvalue weighted by atomic mass is 35.5. The molecule has 1 aromatic rings. The van der Waals surface area contributed by atoms with E-state index in [1.165, 1.54) is 32.4 Å². The van der Waals surface area contributed by atoms with Gasteiger partial charge in [-0.05, 0) is 24.6 Å². The molecule has 0 saturated heterocycles. The van der Waals surface area contributed by atoms with Gasteiger partial charge in [-0.3, -0.25) is 9.63 Å². The molecular weight excluding hydrogens is 328 g/mol. The fourth-order valence-corrected chi connectivity index (χ4v) is 3.23. The predicted molar refractivity (Wildman–Crippen MR) is 85.3 cm³/mol. The summed E-state index contributed by atoms with van der Waals surface area (Å²) in [6, 6.07) is 4.13. The van der Waals surface area contributed by atoms with Crippen molar-refractivity contribution in [2.75, 3.05) is 20.7 Å². The lowest BCUT2D eigenvalue weighted by Gasteiger charge is -2.15. The number of hydrogen-bond donors (Lipinski definition) is 1. The summed E-state index contributed by atoms with van der Waals surface area (Å²) in [4.78, 5) is 16.6. The minimum atomic E-state index is -3.91. The highest BCUT2D eigenvalue weighted by molar-refractivity contribution is 7.89. The molecule has 0 fully saturated rings. The normalized spacial score (nSPS) is 11.7. The van der Waals surface area contributed by atoms with Crippen LogP contribution in [-0.2, 0) is 14.9 Å². The van der Waals surface area contributed by atoms with E-state index in [-0.39, 0.29) is 21.4 Å². The summed E-state index contributed by atoms with van der Waals surface area (Å²) in [6.45, 7) is 2.62. The molecule has 0 aromatic heterocycles.